The standard InChI is InChI=1S/C15H28N6/c1-5-8-12-13-14(19(4)18-12)21(15(16)17-13)11-10-20(7-3)9-6-2/h5-11H2,1-4H3,(H2,16,17). The summed E-state index contributed by atoms with van der Waals surface area (Å²) in [5, 5.41) is 4.59. The van der Waals surface area contributed by atoms with E-state index in [-0.39, 0.29) is 0 Å². The first-order valence-corrected chi connectivity index (χ1v) is 8.02. The van der Waals surface area contributed by atoms with E-state index in [0.717, 1.165) is 55.9 Å². The van der Waals surface area contributed by atoms with Crippen LogP contribution in [0.3, 0.4) is 0 Å². The summed E-state index contributed by atoms with van der Waals surface area (Å²) in [6.07, 6.45) is 3.19. The second-order valence-electron chi connectivity index (χ2n) is 5.55. The predicted octanol–water partition coefficient (Wildman–Crippen LogP) is 2.04. The first-order valence-electron chi connectivity index (χ1n) is 8.02. The topological polar surface area (TPSA) is 64.9 Å². The fraction of sp³-hybridized carbons (Fsp3) is 0.733. The van der Waals surface area contributed by atoms with E-state index in [1.165, 1.54) is 6.42 Å². The average Bonchev–Trinajstić information content (AvgIpc) is 2.93. The molecule has 118 valence electrons. The van der Waals surface area contributed by atoms with Crippen LogP contribution in [-0.4, -0.2) is 43.9 Å². The Kier molecular flexibility index (Phi) is 5.22. The third-order valence-corrected chi connectivity index (χ3v) is 3.93. The number of fused-ring (bicyclic) bond motifs is 1. The lowest BCUT2D eigenvalue weighted by Crippen LogP contribution is -2.28. The molecule has 0 fully saturated rings. The van der Waals surface area contributed by atoms with Crippen molar-refractivity contribution in [2.75, 3.05) is 25.4 Å². The van der Waals surface area contributed by atoms with Gasteiger partial charge in [-0.15, -0.1) is 0 Å². The van der Waals surface area contributed by atoms with Crippen molar-refractivity contribution in [2.45, 2.75) is 46.6 Å². The molecule has 2 aromatic heterocycles. The number of anilines is 1. The van der Waals surface area contributed by atoms with Crippen molar-refractivity contribution in [3.8, 4) is 0 Å². The summed E-state index contributed by atoms with van der Waals surface area (Å²) < 4.78 is 4.01. The Bertz CT molecular complexity index is 583. The van der Waals surface area contributed by atoms with Crippen LogP contribution in [0.4, 0.5) is 5.95 Å². The number of likely N-dealkylation sites (N-methyl/N-ethyl adjacent to an activating group) is 1. The summed E-state index contributed by atoms with van der Waals surface area (Å²) in [4.78, 5) is 6.98. The lowest BCUT2D eigenvalue weighted by Gasteiger charge is -2.20. The maximum atomic E-state index is 6.13. The third-order valence-electron chi connectivity index (χ3n) is 3.93. The molecular formula is C15H28N6. The minimum Gasteiger partial charge on any atom is -0.369 e. The molecule has 0 saturated heterocycles. The number of aromatic nitrogens is 4. The molecule has 0 aliphatic carbocycles. The van der Waals surface area contributed by atoms with Gasteiger partial charge in [-0.1, -0.05) is 27.2 Å². The van der Waals surface area contributed by atoms with E-state index < -0.39 is 0 Å². The molecule has 2 heterocycles. The van der Waals surface area contributed by atoms with E-state index in [4.69, 9.17) is 5.73 Å². The monoisotopic (exact) mass is 292 g/mol. The molecule has 0 spiro atoms. The van der Waals surface area contributed by atoms with Crippen molar-refractivity contribution >= 4 is 17.1 Å². The summed E-state index contributed by atoms with van der Waals surface area (Å²) in [6, 6.07) is 0. The Hall–Kier alpha value is -1.56. The molecule has 2 N–H and O–H groups in total. The third kappa shape index (κ3) is 3.20. The van der Waals surface area contributed by atoms with Crippen LogP contribution >= 0.6 is 0 Å². The lowest BCUT2D eigenvalue weighted by atomic mass is 10.2. The zero-order valence-electron chi connectivity index (χ0n) is 13.8. The van der Waals surface area contributed by atoms with Gasteiger partial charge < -0.3 is 10.6 Å². The van der Waals surface area contributed by atoms with Crippen molar-refractivity contribution in [3.63, 3.8) is 0 Å². The normalized spacial score (nSPS) is 11.9. The maximum Gasteiger partial charge on any atom is 0.202 e. The van der Waals surface area contributed by atoms with Crippen LogP contribution < -0.4 is 5.73 Å². The van der Waals surface area contributed by atoms with Crippen molar-refractivity contribution in [2.24, 2.45) is 7.05 Å². The molecule has 0 unspecified atom stereocenters. The molecule has 2 aromatic rings. The van der Waals surface area contributed by atoms with Crippen LogP contribution in [0.15, 0.2) is 0 Å². The van der Waals surface area contributed by atoms with Gasteiger partial charge in [0.25, 0.3) is 0 Å². The Morgan fingerprint density at radius 2 is 1.90 bits per heavy atom. The van der Waals surface area contributed by atoms with Crippen molar-refractivity contribution < 1.29 is 0 Å². The molecule has 0 aromatic carbocycles. The Morgan fingerprint density at radius 3 is 2.52 bits per heavy atom. The Morgan fingerprint density at radius 1 is 1.14 bits per heavy atom. The van der Waals surface area contributed by atoms with Gasteiger partial charge in [0.05, 0.1) is 5.69 Å². The maximum absolute atomic E-state index is 6.13. The quantitative estimate of drug-likeness (QED) is 0.808. The van der Waals surface area contributed by atoms with E-state index in [0.29, 0.717) is 5.95 Å². The van der Waals surface area contributed by atoms with Gasteiger partial charge in [0.2, 0.25) is 5.95 Å². The molecular weight excluding hydrogens is 264 g/mol. The van der Waals surface area contributed by atoms with Crippen LogP contribution in [0.2, 0.25) is 0 Å². The van der Waals surface area contributed by atoms with Crippen LogP contribution in [0.1, 0.15) is 39.3 Å². The summed E-state index contributed by atoms with van der Waals surface area (Å²) in [5.74, 6) is 0.600. The van der Waals surface area contributed by atoms with Crippen molar-refractivity contribution in [1.29, 1.82) is 0 Å². The summed E-state index contributed by atoms with van der Waals surface area (Å²) in [6.45, 7) is 10.6. The second kappa shape index (κ2) is 6.93. The summed E-state index contributed by atoms with van der Waals surface area (Å²) in [5.41, 5.74) is 9.20. The van der Waals surface area contributed by atoms with E-state index in [1.54, 1.807) is 0 Å². The highest BCUT2D eigenvalue weighted by Crippen LogP contribution is 2.21. The fourth-order valence-electron chi connectivity index (χ4n) is 2.87. The molecule has 0 aliphatic rings. The number of imidazole rings is 1. The minimum atomic E-state index is 0.600. The fourth-order valence-corrected chi connectivity index (χ4v) is 2.87. The van der Waals surface area contributed by atoms with Crippen LogP contribution in [-0.2, 0) is 20.0 Å². The minimum absolute atomic E-state index is 0.600. The number of hydrogen-bond donors (Lipinski definition) is 1. The van der Waals surface area contributed by atoms with Crippen LogP contribution in [0.5, 0.6) is 0 Å². The predicted molar refractivity (Wildman–Crippen MR) is 87.3 cm³/mol. The molecule has 0 bridgehead atoms. The molecule has 0 atom stereocenters. The molecule has 6 heteroatoms. The first-order chi connectivity index (χ1) is 10.1. The zero-order valence-corrected chi connectivity index (χ0v) is 13.8. The molecule has 0 radical (unpaired) electrons. The van der Waals surface area contributed by atoms with Gasteiger partial charge in [0.1, 0.15) is 5.52 Å². The van der Waals surface area contributed by atoms with Crippen molar-refractivity contribution in [1.82, 2.24) is 24.2 Å². The lowest BCUT2D eigenvalue weighted by molar-refractivity contribution is 0.278. The number of rotatable bonds is 8. The summed E-state index contributed by atoms with van der Waals surface area (Å²) >= 11 is 0. The van der Waals surface area contributed by atoms with Crippen LogP contribution in [0.25, 0.3) is 11.2 Å². The van der Waals surface area contributed by atoms with Gasteiger partial charge >= 0.3 is 0 Å². The highest BCUT2D eigenvalue weighted by molar-refractivity contribution is 5.77. The van der Waals surface area contributed by atoms with Crippen LogP contribution in [0, 0.1) is 0 Å². The van der Waals surface area contributed by atoms with Gasteiger partial charge in [0.15, 0.2) is 5.65 Å². The van der Waals surface area contributed by atoms with E-state index in [9.17, 15) is 0 Å². The Balaban J connectivity index is 2.25. The largest absolute Gasteiger partial charge is 0.369 e. The second-order valence-corrected chi connectivity index (χ2v) is 5.55. The average molecular weight is 292 g/mol. The summed E-state index contributed by atoms with van der Waals surface area (Å²) in [7, 11) is 1.97. The molecule has 2 rings (SSSR count). The molecule has 0 amide bonds. The molecule has 6 nitrogen and oxygen atoms in total. The number of nitrogen functional groups attached to an aromatic ring is 1. The van der Waals surface area contributed by atoms with E-state index in [1.807, 2.05) is 11.7 Å². The van der Waals surface area contributed by atoms with Crippen molar-refractivity contribution in [3.05, 3.63) is 5.69 Å². The number of hydrogen-bond acceptors (Lipinski definition) is 4. The highest BCUT2D eigenvalue weighted by atomic mass is 15.4. The Labute approximate surface area is 126 Å². The van der Waals surface area contributed by atoms with Gasteiger partial charge in [0, 0.05) is 20.1 Å². The van der Waals surface area contributed by atoms with Gasteiger partial charge in [-0.3, -0.25) is 9.25 Å². The zero-order chi connectivity index (χ0) is 15.4. The van der Waals surface area contributed by atoms with Gasteiger partial charge in [-0.25, -0.2) is 4.98 Å². The first kappa shape index (κ1) is 15.8. The van der Waals surface area contributed by atoms with E-state index >= 15 is 0 Å². The number of nitrogens with zero attached hydrogens (tertiary/aromatic N) is 5. The number of nitrogens with two attached hydrogens (primary N) is 1. The van der Waals surface area contributed by atoms with Gasteiger partial charge in [-0.2, -0.15) is 5.10 Å². The highest BCUT2D eigenvalue weighted by Gasteiger charge is 2.17. The molecule has 0 aliphatic heterocycles. The molecule has 21 heavy (non-hydrogen) atoms. The number of aryl methyl sites for hydroxylation is 2. The molecule has 0 saturated carbocycles. The van der Waals surface area contributed by atoms with E-state index in [2.05, 4.69) is 40.3 Å². The van der Waals surface area contributed by atoms with Gasteiger partial charge in [-0.05, 0) is 25.9 Å². The smallest absolute Gasteiger partial charge is 0.202 e. The SMILES string of the molecule is CCCc1nn(C)c2c1nc(N)n2CCN(CC)CCC.